The van der Waals surface area contributed by atoms with Crippen LogP contribution >= 0.6 is 0 Å². The molecule has 1 aromatic rings. The number of rotatable bonds is 6. The summed E-state index contributed by atoms with van der Waals surface area (Å²) in [5.41, 5.74) is 1.30. The van der Waals surface area contributed by atoms with E-state index in [1.54, 1.807) is 0 Å². The molecule has 2 aliphatic rings. The number of ether oxygens (including phenoxy) is 1. The van der Waals surface area contributed by atoms with Crippen molar-refractivity contribution >= 4 is 17.7 Å². The molecule has 2 N–H and O–H groups in total. The van der Waals surface area contributed by atoms with Gasteiger partial charge in [0.05, 0.1) is 0 Å². The van der Waals surface area contributed by atoms with Crippen molar-refractivity contribution < 1.29 is 14.3 Å². The van der Waals surface area contributed by atoms with Crippen LogP contribution in [0.3, 0.4) is 0 Å². The molecule has 142 valence electrons. The number of hydrogen-bond donors (Lipinski definition) is 2. The number of anilines is 1. The molecule has 2 saturated carbocycles. The molecule has 2 amide bonds. The van der Waals surface area contributed by atoms with Crippen LogP contribution in [0.1, 0.15) is 52.0 Å². The number of nitrogens with one attached hydrogen (secondary N) is 2. The second-order valence-corrected chi connectivity index (χ2v) is 8.73. The molecule has 1 atom stereocenters. The van der Waals surface area contributed by atoms with Gasteiger partial charge in [0.2, 0.25) is 5.91 Å². The highest BCUT2D eigenvalue weighted by atomic mass is 16.6. The van der Waals surface area contributed by atoms with Crippen LogP contribution in [-0.4, -0.2) is 23.6 Å². The molecular formula is C21H30N2O3. The van der Waals surface area contributed by atoms with Gasteiger partial charge in [0.25, 0.3) is 0 Å². The zero-order valence-electron chi connectivity index (χ0n) is 16.2. The van der Waals surface area contributed by atoms with E-state index < -0.39 is 17.7 Å². The van der Waals surface area contributed by atoms with Crippen molar-refractivity contribution in [1.29, 1.82) is 0 Å². The van der Waals surface area contributed by atoms with Gasteiger partial charge in [0, 0.05) is 5.69 Å². The van der Waals surface area contributed by atoms with Crippen LogP contribution in [0.4, 0.5) is 10.5 Å². The van der Waals surface area contributed by atoms with E-state index in [1.807, 2.05) is 52.0 Å². The molecule has 0 radical (unpaired) electrons. The molecule has 0 heterocycles. The highest BCUT2D eigenvalue weighted by Gasteiger charge is 2.48. The van der Waals surface area contributed by atoms with E-state index in [1.165, 1.54) is 0 Å². The van der Waals surface area contributed by atoms with Crippen molar-refractivity contribution in [1.82, 2.24) is 5.32 Å². The monoisotopic (exact) mass is 358 g/mol. The van der Waals surface area contributed by atoms with Gasteiger partial charge in [0.15, 0.2) is 0 Å². The average Bonchev–Trinajstić information content (AvgIpc) is 3.41. The van der Waals surface area contributed by atoms with Crippen molar-refractivity contribution in [3.63, 3.8) is 0 Å². The van der Waals surface area contributed by atoms with Crippen molar-refractivity contribution in [2.75, 3.05) is 5.32 Å². The Morgan fingerprint density at radius 3 is 2.04 bits per heavy atom. The van der Waals surface area contributed by atoms with Crippen molar-refractivity contribution in [3.8, 4) is 0 Å². The van der Waals surface area contributed by atoms with E-state index in [0.717, 1.165) is 36.9 Å². The number of alkyl carbamates (subject to hydrolysis) is 1. The van der Waals surface area contributed by atoms with Gasteiger partial charge in [-0.1, -0.05) is 17.7 Å². The highest BCUT2D eigenvalue weighted by Crippen LogP contribution is 2.50. The molecule has 0 spiro atoms. The molecule has 5 heteroatoms. The van der Waals surface area contributed by atoms with Gasteiger partial charge in [-0.15, -0.1) is 0 Å². The lowest BCUT2D eigenvalue weighted by Crippen LogP contribution is -2.51. The maximum Gasteiger partial charge on any atom is 0.408 e. The Morgan fingerprint density at radius 1 is 1.04 bits per heavy atom. The number of carbonyl (C=O) groups is 2. The summed E-state index contributed by atoms with van der Waals surface area (Å²) in [6.45, 7) is 7.49. The molecule has 1 unspecified atom stereocenters. The zero-order chi connectivity index (χ0) is 18.9. The Bertz CT molecular complexity index is 643. The summed E-state index contributed by atoms with van der Waals surface area (Å²) in [6, 6.07) is 7.16. The van der Waals surface area contributed by atoms with E-state index in [4.69, 9.17) is 4.74 Å². The Balaban J connectivity index is 1.74. The minimum absolute atomic E-state index is 0.150. The lowest BCUT2D eigenvalue weighted by molar-refractivity contribution is -0.120. The van der Waals surface area contributed by atoms with Gasteiger partial charge in [-0.05, 0) is 83.3 Å². The van der Waals surface area contributed by atoms with Gasteiger partial charge in [-0.3, -0.25) is 4.79 Å². The second-order valence-electron chi connectivity index (χ2n) is 8.73. The molecule has 0 aliphatic heterocycles. The lowest BCUT2D eigenvalue weighted by atomic mass is 9.88. The van der Waals surface area contributed by atoms with Crippen LogP contribution in [0.2, 0.25) is 0 Å². The molecule has 0 aromatic heterocycles. The minimum atomic E-state index is -0.587. The number of aryl methyl sites for hydroxylation is 1. The quantitative estimate of drug-likeness (QED) is 0.798. The summed E-state index contributed by atoms with van der Waals surface area (Å²) in [4.78, 5) is 25.4. The van der Waals surface area contributed by atoms with Crippen LogP contribution in [0.5, 0.6) is 0 Å². The summed E-state index contributed by atoms with van der Waals surface area (Å²) in [7, 11) is 0. The molecule has 1 aromatic carbocycles. The fourth-order valence-electron chi connectivity index (χ4n) is 3.52. The molecule has 26 heavy (non-hydrogen) atoms. The summed E-state index contributed by atoms with van der Waals surface area (Å²) in [6.07, 6.45) is 4.06. The molecular weight excluding hydrogens is 328 g/mol. The van der Waals surface area contributed by atoms with Gasteiger partial charge in [-0.25, -0.2) is 4.79 Å². The number of amides is 2. The first-order valence-electron chi connectivity index (χ1n) is 9.60. The SMILES string of the molecule is Cc1ccc(NC(=O)C(NC(=O)OC(C)(C)C)C(C2CC2)C2CC2)cc1. The molecule has 2 aliphatic carbocycles. The van der Waals surface area contributed by atoms with Crippen LogP contribution in [0.25, 0.3) is 0 Å². The third-order valence-electron chi connectivity index (χ3n) is 4.99. The molecule has 2 fully saturated rings. The summed E-state index contributed by atoms with van der Waals surface area (Å²) < 4.78 is 5.40. The molecule has 0 saturated heterocycles. The third kappa shape index (κ3) is 5.23. The van der Waals surface area contributed by atoms with Crippen molar-refractivity contribution in [2.24, 2.45) is 17.8 Å². The van der Waals surface area contributed by atoms with E-state index in [2.05, 4.69) is 10.6 Å². The minimum Gasteiger partial charge on any atom is -0.444 e. The Morgan fingerprint density at radius 2 is 1.58 bits per heavy atom. The number of carbonyl (C=O) groups excluding carboxylic acids is 2. The Kier molecular flexibility index (Phi) is 5.26. The zero-order valence-corrected chi connectivity index (χ0v) is 16.2. The van der Waals surface area contributed by atoms with E-state index in [-0.39, 0.29) is 11.8 Å². The van der Waals surface area contributed by atoms with Crippen molar-refractivity contribution in [3.05, 3.63) is 29.8 Å². The van der Waals surface area contributed by atoms with E-state index in [9.17, 15) is 9.59 Å². The maximum atomic E-state index is 13.0. The van der Waals surface area contributed by atoms with Crippen LogP contribution < -0.4 is 10.6 Å². The Hall–Kier alpha value is -2.04. The van der Waals surface area contributed by atoms with Crippen LogP contribution in [0, 0.1) is 24.7 Å². The molecule has 5 nitrogen and oxygen atoms in total. The summed E-state index contributed by atoms with van der Waals surface area (Å²) in [5.74, 6) is 1.12. The fourth-order valence-corrected chi connectivity index (χ4v) is 3.52. The summed E-state index contributed by atoms with van der Waals surface area (Å²) in [5, 5.41) is 5.85. The summed E-state index contributed by atoms with van der Waals surface area (Å²) >= 11 is 0. The molecule has 3 rings (SSSR count). The smallest absolute Gasteiger partial charge is 0.408 e. The first kappa shape index (κ1) is 18.7. The van der Waals surface area contributed by atoms with Crippen molar-refractivity contribution in [2.45, 2.75) is 65.0 Å². The molecule has 0 bridgehead atoms. The Labute approximate surface area is 155 Å². The van der Waals surface area contributed by atoms with Gasteiger partial charge in [-0.2, -0.15) is 0 Å². The largest absolute Gasteiger partial charge is 0.444 e. The highest BCUT2D eigenvalue weighted by molar-refractivity contribution is 5.97. The fraction of sp³-hybridized carbons (Fsp3) is 0.619. The van der Waals surface area contributed by atoms with Gasteiger partial charge in [0.1, 0.15) is 11.6 Å². The first-order chi connectivity index (χ1) is 12.2. The predicted molar refractivity (Wildman–Crippen MR) is 102 cm³/mol. The lowest BCUT2D eigenvalue weighted by Gasteiger charge is -2.29. The topological polar surface area (TPSA) is 67.4 Å². The van der Waals surface area contributed by atoms with Gasteiger partial charge < -0.3 is 15.4 Å². The van der Waals surface area contributed by atoms with E-state index >= 15 is 0 Å². The van der Waals surface area contributed by atoms with E-state index in [0.29, 0.717) is 11.8 Å². The first-order valence-corrected chi connectivity index (χ1v) is 9.60. The standard InChI is InChI=1S/C21H30N2O3/c1-13-5-11-16(12-6-13)22-19(24)18(23-20(25)26-21(2,3)4)17(14-7-8-14)15-9-10-15/h5-6,11-12,14-15,17-18H,7-10H2,1-4H3,(H,22,24)(H,23,25). The average molecular weight is 358 g/mol. The predicted octanol–water partition coefficient (Wildman–Crippen LogP) is 4.26. The normalized spacial score (nSPS) is 18.3. The number of hydrogen-bond acceptors (Lipinski definition) is 3. The second kappa shape index (κ2) is 7.29. The third-order valence-corrected chi connectivity index (χ3v) is 4.99. The van der Waals surface area contributed by atoms with Crippen LogP contribution in [-0.2, 0) is 9.53 Å². The maximum absolute atomic E-state index is 13.0. The van der Waals surface area contributed by atoms with Crippen LogP contribution in [0.15, 0.2) is 24.3 Å². The van der Waals surface area contributed by atoms with Gasteiger partial charge >= 0.3 is 6.09 Å². The number of benzene rings is 1.